The highest BCUT2D eigenvalue weighted by atomic mass is 35.5. The van der Waals surface area contributed by atoms with E-state index in [1.807, 2.05) is 31.2 Å². The fourth-order valence-electron chi connectivity index (χ4n) is 2.75. The summed E-state index contributed by atoms with van der Waals surface area (Å²) < 4.78 is 18.5. The van der Waals surface area contributed by atoms with E-state index in [1.54, 1.807) is 6.07 Å². The maximum atomic E-state index is 13.0. The van der Waals surface area contributed by atoms with Crippen LogP contribution in [0.3, 0.4) is 0 Å². The molecule has 1 heterocycles. The number of rotatable bonds is 6. The lowest BCUT2D eigenvalue weighted by Crippen LogP contribution is -2.23. The van der Waals surface area contributed by atoms with E-state index in [0.29, 0.717) is 29.1 Å². The average molecular weight is 398 g/mol. The van der Waals surface area contributed by atoms with Crippen LogP contribution in [0.25, 0.3) is 10.9 Å². The number of nitrogens with zero attached hydrogens (tertiary/aromatic N) is 2. The molecule has 0 radical (unpaired) electrons. The summed E-state index contributed by atoms with van der Waals surface area (Å²) in [5, 5.41) is 13.1. The quantitative estimate of drug-likeness (QED) is 0.609. The third-order valence-electron chi connectivity index (χ3n) is 4.13. The summed E-state index contributed by atoms with van der Waals surface area (Å²) in [4.78, 5) is 16.8. The van der Waals surface area contributed by atoms with Crippen LogP contribution in [0.4, 0.5) is 10.1 Å². The Morgan fingerprint density at radius 1 is 1.29 bits per heavy atom. The first-order valence-corrected chi connectivity index (χ1v) is 9.06. The van der Waals surface area contributed by atoms with Crippen molar-refractivity contribution >= 4 is 34.1 Å². The van der Waals surface area contributed by atoms with Crippen LogP contribution in [0.1, 0.15) is 12.5 Å². The Kier molecular flexibility index (Phi) is 6.07. The molecule has 3 rings (SSSR count). The highest BCUT2D eigenvalue weighted by Gasteiger charge is 2.21. The third-order valence-corrected chi connectivity index (χ3v) is 4.46. The van der Waals surface area contributed by atoms with Gasteiger partial charge in [0.25, 0.3) is 0 Å². The molecule has 0 unspecified atom stereocenters. The molecule has 1 atom stereocenters. The molecule has 0 aliphatic carbocycles. The second-order valence-corrected chi connectivity index (χ2v) is 6.47. The Morgan fingerprint density at radius 2 is 2.04 bits per heavy atom. The molecule has 2 aromatic carbocycles. The Bertz CT molecular complexity index is 1050. The molecule has 7 heteroatoms. The third kappa shape index (κ3) is 4.56. The zero-order valence-electron chi connectivity index (χ0n) is 15.1. The summed E-state index contributed by atoms with van der Waals surface area (Å²) in [6, 6.07) is 14.6. The van der Waals surface area contributed by atoms with Gasteiger partial charge in [0.1, 0.15) is 22.6 Å². The number of halogens is 2. The maximum Gasteiger partial charge on any atom is 0.242 e. The number of hydrogen-bond acceptors (Lipinski definition) is 4. The molecule has 1 aromatic heterocycles. The van der Waals surface area contributed by atoms with Crippen molar-refractivity contribution in [1.82, 2.24) is 4.98 Å². The molecular formula is C21H17ClFN3O2. The Labute approximate surface area is 166 Å². The summed E-state index contributed by atoms with van der Waals surface area (Å²) in [6.45, 7) is 2.44. The van der Waals surface area contributed by atoms with Gasteiger partial charge in [-0.25, -0.2) is 9.37 Å². The minimum absolute atomic E-state index is 0.101. The monoisotopic (exact) mass is 397 g/mol. The molecule has 1 N–H and O–H groups in total. The molecule has 0 saturated carbocycles. The summed E-state index contributed by atoms with van der Waals surface area (Å²) in [5.41, 5.74) is 1.70. The number of carbonyl (C=O) groups is 1. The van der Waals surface area contributed by atoms with Gasteiger partial charge in [0.05, 0.1) is 18.2 Å². The zero-order chi connectivity index (χ0) is 20.1. The van der Waals surface area contributed by atoms with Crippen molar-refractivity contribution in [1.29, 1.82) is 5.26 Å². The number of aromatic nitrogens is 1. The van der Waals surface area contributed by atoms with Crippen LogP contribution in [0.15, 0.2) is 48.5 Å². The van der Waals surface area contributed by atoms with E-state index >= 15 is 0 Å². The first-order chi connectivity index (χ1) is 13.5. The average Bonchev–Trinajstić information content (AvgIpc) is 2.68. The maximum absolute atomic E-state index is 13.0. The minimum atomic E-state index is -0.975. The van der Waals surface area contributed by atoms with E-state index in [2.05, 4.69) is 10.3 Å². The molecule has 0 bridgehead atoms. The van der Waals surface area contributed by atoms with Gasteiger partial charge < -0.3 is 10.1 Å². The number of anilines is 1. The van der Waals surface area contributed by atoms with E-state index in [4.69, 9.17) is 16.3 Å². The van der Waals surface area contributed by atoms with Crippen molar-refractivity contribution < 1.29 is 13.9 Å². The number of ether oxygens (including phenoxy) is 1. The van der Waals surface area contributed by atoms with Crippen molar-refractivity contribution in [2.45, 2.75) is 13.3 Å². The second-order valence-electron chi connectivity index (χ2n) is 6.11. The number of pyridine rings is 1. The molecule has 0 aliphatic heterocycles. The number of benzene rings is 2. The first kappa shape index (κ1) is 19.6. The van der Waals surface area contributed by atoms with Gasteiger partial charge in [0.15, 0.2) is 0 Å². The van der Waals surface area contributed by atoms with Gasteiger partial charge in [-0.3, -0.25) is 4.79 Å². The lowest BCUT2D eigenvalue weighted by Gasteiger charge is -2.12. The lowest BCUT2D eigenvalue weighted by molar-refractivity contribution is -0.118. The van der Waals surface area contributed by atoms with Crippen molar-refractivity contribution in [2.24, 2.45) is 5.92 Å². The van der Waals surface area contributed by atoms with Crippen LogP contribution in [0.2, 0.25) is 5.15 Å². The largest absolute Gasteiger partial charge is 0.494 e. The van der Waals surface area contributed by atoms with Gasteiger partial charge in [-0.05, 0) is 61.0 Å². The zero-order valence-corrected chi connectivity index (χ0v) is 15.8. The summed E-state index contributed by atoms with van der Waals surface area (Å²) in [5.74, 6) is -1.17. The molecule has 142 valence electrons. The van der Waals surface area contributed by atoms with Gasteiger partial charge in [0.2, 0.25) is 5.91 Å². The fourth-order valence-corrected chi connectivity index (χ4v) is 2.98. The second kappa shape index (κ2) is 8.68. The topological polar surface area (TPSA) is 75.0 Å². The lowest BCUT2D eigenvalue weighted by atomic mass is 9.99. The van der Waals surface area contributed by atoms with Crippen LogP contribution in [-0.2, 0) is 11.2 Å². The summed E-state index contributed by atoms with van der Waals surface area (Å²) >= 11 is 6.26. The van der Waals surface area contributed by atoms with Crippen molar-refractivity contribution in [3.63, 3.8) is 0 Å². The predicted octanol–water partition coefficient (Wildman–Crippen LogP) is 4.75. The number of fused-ring (bicyclic) bond motifs is 1. The molecule has 0 aliphatic rings. The molecule has 28 heavy (non-hydrogen) atoms. The fraction of sp³-hybridized carbons (Fsp3) is 0.190. The van der Waals surface area contributed by atoms with E-state index in [1.165, 1.54) is 24.3 Å². The summed E-state index contributed by atoms with van der Waals surface area (Å²) in [6.07, 6.45) is 0.101. The molecule has 1 amide bonds. The normalized spacial score (nSPS) is 11.6. The molecule has 0 spiro atoms. The van der Waals surface area contributed by atoms with Crippen LogP contribution < -0.4 is 10.1 Å². The number of nitrogens with one attached hydrogen (secondary N) is 1. The van der Waals surface area contributed by atoms with Gasteiger partial charge in [-0.1, -0.05) is 11.6 Å². The summed E-state index contributed by atoms with van der Waals surface area (Å²) in [7, 11) is 0. The predicted molar refractivity (Wildman–Crippen MR) is 106 cm³/mol. The first-order valence-electron chi connectivity index (χ1n) is 8.68. The molecule has 5 nitrogen and oxygen atoms in total. The highest BCUT2D eigenvalue weighted by Crippen LogP contribution is 2.26. The number of carbonyl (C=O) groups excluding carboxylic acids is 1. The Morgan fingerprint density at radius 3 is 2.71 bits per heavy atom. The van der Waals surface area contributed by atoms with Gasteiger partial charge in [-0.2, -0.15) is 5.26 Å². The molecule has 0 saturated heterocycles. The van der Waals surface area contributed by atoms with Crippen LogP contribution in [0, 0.1) is 23.1 Å². The van der Waals surface area contributed by atoms with Crippen molar-refractivity contribution in [3.05, 3.63) is 65.1 Å². The van der Waals surface area contributed by atoms with Crippen molar-refractivity contribution in [2.75, 3.05) is 11.9 Å². The number of hydrogen-bond donors (Lipinski definition) is 1. The van der Waals surface area contributed by atoms with Gasteiger partial charge in [-0.15, -0.1) is 0 Å². The minimum Gasteiger partial charge on any atom is -0.494 e. The highest BCUT2D eigenvalue weighted by molar-refractivity contribution is 6.30. The SMILES string of the molecule is CCOc1ccc2nc(Cl)c(C[C@@H](C#N)C(=O)Nc3ccc(F)cc3)cc2c1. The molecule has 3 aromatic rings. The van der Waals surface area contributed by atoms with E-state index in [9.17, 15) is 14.4 Å². The van der Waals surface area contributed by atoms with E-state index in [-0.39, 0.29) is 11.6 Å². The van der Waals surface area contributed by atoms with Crippen molar-refractivity contribution in [3.8, 4) is 11.8 Å². The van der Waals surface area contributed by atoms with Crippen LogP contribution >= 0.6 is 11.6 Å². The van der Waals surface area contributed by atoms with Crippen LogP contribution in [-0.4, -0.2) is 17.5 Å². The molecular weight excluding hydrogens is 381 g/mol. The smallest absolute Gasteiger partial charge is 0.242 e. The van der Waals surface area contributed by atoms with Gasteiger partial charge in [0, 0.05) is 17.5 Å². The Balaban J connectivity index is 1.82. The number of nitriles is 1. The Hall–Kier alpha value is -3.17. The van der Waals surface area contributed by atoms with Gasteiger partial charge >= 0.3 is 0 Å². The van der Waals surface area contributed by atoms with E-state index < -0.39 is 17.6 Å². The molecule has 0 fully saturated rings. The van der Waals surface area contributed by atoms with Crippen LogP contribution in [0.5, 0.6) is 5.75 Å². The standard InChI is InChI=1S/C21H17ClFN3O2/c1-2-28-18-7-8-19-13(11-18)9-14(20(22)26-19)10-15(12-24)21(27)25-17-5-3-16(23)4-6-17/h3-9,11,15H,2,10H2,1H3,(H,25,27)/t15-/m0/s1. The van der Waals surface area contributed by atoms with E-state index in [0.717, 1.165) is 5.39 Å². The number of amides is 1.